The summed E-state index contributed by atoms with van der Waals surface area (Å²) in [6, 6.07) is 5.28. The van der Waals surface area contributed by atoms with Crippen LogP contribution in [0.3, 0.4) is 0 Å². The molecule has 0 bridgehead atoms. The molecule has 5 heteroatoms. The highest BCUT2D eigenvalue weighted by Gasteiger charge is 2.14. The van der Waals surface area contributed by atoms with Crippen molar-refractivity contribution in [1.82, 2.24) is 5.32 Å². The number of hydrogen-bond acceptors (Lipinski definition) is 3. The van der Waals surface area contributed by atoms with Gasteiger partial charge in [0.25, 0.3) is 5.91 Å². The highest BCUT2D eigenvalue weighted by atomic mass is 79.9. The van der Waals surface area contributed by atoms with Gasteiger partial charge in [0.1, 0.15) is 5.75 Å². The monoisotopic (exact) mass is 286 g/mol. The van der Waals surface area contributed by atoms with E-state index in [0.717, 1.165) is 4.47 Å². The Bertz CT molecular complexity index is 382. The Labute approximate surface area is 103 Å². The largest absolute Gasteiger partial charge is 0.479 e. The number of anilines is 1. The molecule has 4 nitrogen and oxygen atoms in total. The van der Waals surface area contributed by atoms with Crippen molar-refractivity contribution in [1.29, 1.82) is 0 Å². The fourth-order valence-electron chi connectivity index (χ4n) is 1.19. The van der Waals surface area contributed by atoms with E-state index < -0.39 is 6.10 Å². The maximum atomic E-state index is 11.4. The number of nitrogen functional groups attached to an aromatic ring is 1. The number of hydrogen-bond donors (Lipinski definition) is 2. The molecule has 1 aromatic carbocycles. The predicted octanol–water partition coefficient (Wildman–Crippen LogP) is 1.93. The normalized spacial score (nSPS) is 11.9. The molecule has 0 aromatic heterocycles. The molecular formula is C11H15BrN2O2. The molecule has 0 heterocycles. The van der Waals surface area contributed by atoms with E-state index in [1.54, 1.807) is 19.1 Å². The molecule has 1 amide bonds. The summed E-state index contributed by atoms with van der Waals surface area (Å²) in [6.45, 7) is 4.13. The Hall–Kier alpha value is -1.23. The van der Waals surface area contributed by atoms with Gasteiger partial charge >= 0.3 is 0 Å². The number of likely N-dealkylation sites (N-methyl/N-ethyl adjacent to an activating group) is 1. The highest BCUT2D eigenvalue weighted by molar-refractivity contribution is 9.10. The average Bonchev–Trinajstić information content (AvgIpc) is 2.22. The van der Waals surface area contributed by atoms with Crippen LogP contribution >= 0.6 is 15.9 Å². The van der Waals surface area contributed by atoms with E-state index in [2.05, 4.69) is 21.2 Å². The maximum absolute atomic E-state index is 11.4. The fraction of sp³-hybridized carbons (Fsp3) is 0.364. The molecule has 0 saturated heterocycles. The summed E-state index contributed by atoms with van der Waals surface area (Å²) in [6.07, 6.45) is -0.552. The standard InChI is InChI=1S/C11H15BrN2O2/c1-3-14-11(15)7(2)16-10-5-4-8(12)6-9(10)13/h4-7H,3,13H2,1-2H3,(H,14,15). The zero-order chi connectivity index (χ0) is 12.1. The van der Waals surface area contributed by atoms with Crippen molar-refractivity contribution in [2.45, 2.75) is 20.0 Å². The van der Waals surface area contributed by atoms with Gasteiger partial charge in [-0.15, -0.1) is 0 Å². The second-order valence-electron chi connectivity index (χ2n) is 3.34. The second kappa shape index (κ2) is 5.75. The first-order chi connectivity index (χ1) is 7.54. The third-order valence-electron chi connectivity index (χ3n) is 2.00. The van der Waals surface area contributed by atoms with E-state index in [1.165, 1.54) is 0 Å². The van der Waals surface area contributed by atoms with Crippen molar-refractivity contribution in [3.63, 3.8) is 0 Å². The van der Waals surface area contributed by atoms with Crippen LogP contribution in [0.15, 0.2) is 22.7 Å². The minimum absolute atomic E-state index is 0.148. The van der Waals surface area contributed by atoms with Crippen molar-refractivity contribution >= 4 is 27.5 Å². The van der Waals surface area contributed by atoms with Crippen LogP contribution in [0.5, 0.6) is 5.75 Å². The van der Waals surface area contributed by atoms with Gasteiger partial charge in [-0.1, -0.05) is 15.9 Å². The maximum Gasteiger partial charge on any atom is 0.260 e. The van der Waals surface area contributed by atoms with Crippen molar-refractivity contribution < 1.29 is 9.53 Å². The summed E-state index contributed by atoms with van der Waals surface area (Å²) in [4.78, 5) is 11.4. The number of amides is 1. The summed E-state index contributed by atoms with van der Waals surface area (Å²) in [5.41, 5.74) is 6.26. The molecule has 0 spiro atoms. The van der Waals surface area contributed by atoms with Crippen molar-refractivity contribution in [2.75, 3.05) is 12.3 Å². The number of carbonyl (C=O) groups is 1. The summed E-state index contributed by atoms with van der Waals surface area (Å²) in [7, 11) is 0. The quantitative estimate of drug-likeness (QED) is 0.832. The molecule has 1 aromatic rings. The lowest BCUT2D eigenvalue weighted by atomic mass is 10.3. The Kier molecular flexibility index (Phi) is 4.61. The van der Waals surface area contributed by atoms with Gasteiger partial charge < -0.3 is 15.8 Å². The van der Waals surface area contributed by atoms with Crippen LogP contribution < -0.4 is 15.8 Å². The Balaban J connectivity index is 2.69. The third-order valence-corrected chi connectivity index (χ3v) is 2.49. The van der Waals surface area contributed by atoms with Gasteiger partial charge in [-0.25, -0.2) is 0 Å². The van der Waals surface area contributed by atoms with E-state index in [4.69, 9.17) is 10.5 Å². The predicted molar refractivity (Wildman–Crippen MR) is 67.3 cm³/mol. The summed E-state index contributed by atoms with van der Waals surface area (Å²) < 4.78 is 6.33. The van der Waals surface area contributed by atoms with E-state index in [-0.39, 0.29) is 5.91 Å². The molecule has 88 valence electrons. The lowest BCUT2D eigenvalue weighted by Gasteiger charge is -2.15. The Morgan fingerprint density at radius 2 is 2.31 bits per heavy atom. The number of rotatable bonds is 4. The first kappa shape index (κ1) is 12.8. The van der Waals surface area contributed by atoms with Gasteiger partial charge in [0, 0.05) is 11.0 Å². The molecule has 3 N–H and O–H groups in total. The summed E-state index contributed by atoms with van der Waals surface area (Å²) in [5, 5.41) is 2.68. The molecule has 1 unspecified atom stereocenters. The third kappa shape index (κ3) is 3.41. The van der Waals surface area contributed by atoms with E-state index in [9.17, 15) is 4.79 Å². The van der Waals surface area contributed by atoms with E-state index >= 15 is 0 Å². The van der Waals surface area contributed by atoms with Crippen LogP contribution in [0.2, 0.25) is 0 Å². The number of nitrogens with one attached hydrogen (secondary N) is 1. The van der Waals surface area contributed by atoms with Gasteiger partial charge in [-0.05, 0) is 32.0 Å². The topological polar surface area (TPSA) is 64.3 Å². The van der Waals surface area contributed by atoms with Crippen LogP contribution in [0.4, 0.5) is 5.69 Å². The van der Waals surface area contributed by atoms with Gasteiger partial charge in [-0.2, -0.15) is 0 Å². The SMILES string of the molecule is CCNC(=O)C(C)Oc1ccc(Br)cc1N. The molecule has 0 fully saturated rings. The smallest absolute Gasteiger partial charge is 0.260 e. The van der Waals surface area contributed by atoms with Gasteiger partial charge in [-0.3, -0.25) is 4.79 Å². The van der Waals surface area contributed by atoms with Crippen LogP contribution in [-0.2, 0) is 4.79 Å². The first-order valence-electron chi connectivity index (χ1n) is 5.04. The number of halogens is 1. The molecule has 1 atom stereocenters. The number of ether oxygens (including phenoxy) is 1. The molecular weight excluding hydrogens is 272 g/mol. The van der Waals surface area contributed by atoms with Crippen LogP contribution in [0.25, 0.3) is 0 Å². The number of nitrogens with two attached hydrogens (primary N) is 1. The molecule has 0 aliphatic rings. The van der Waals surface area contributed by atoms with Crippen LogP contribution in [0.1, 0.15) is 13.8 Å². The second-order valence-corrected chi connectivity index (χ2v) is 4.25. The lowest BCUT2D eigenvalue weighted by Crippen LogP contribution is -2.36. The van der Waals surface area contributed by atoms with Crippen molar-refractivity contribution in [2.24, 2.45) is 0 Å². The Morgan fingerprint density at radius 1 is 1.62 bits per heavy atom. The van der Waals surface area contributed by atoms with Crippen molar-refractivity contribution in [3.05, 3.63) is 22.7 Å². The van der Waals surface area contributed by atoms with Crippen LogP contribution in [0, 0.1) is 0 Å². The van der Waals surface area contributed by atoms with E-state index in [1.807, 2.05) is 13.0 Å². The van der Waals surface area contributed by atoms with Gasteiger partial charge in [0.15, 0.2) is 6.10 Å². The highest BCUT2D eigenvalue weighted by Crippen LogP contribution is 2.26. The molecule has 0 radical (unpaired) electrons. The molecule has 0 aliphatic carbocycles. The Morgan fingerprint density at radius 3 is 2.88 bits per heavy atom. The molecule has 16 heavy (non-hydrogen) atoms. The van der Waals surface area contributed by atoms with Gasteiger partial charge in [0.05, 0.1) is 5.69 Å². The minimum atomic E-state index is -0.552. The molecule has 0 aliphatic heterocycles. The average molecular weight is 287 g/mol. The fourth-order valence-corrected chi connectivity index (χ4v) is 1.57. The van der Waals surface area contributed by atoms with E-state index in [0.29, 0.717) is 18.0 Å². The molecule has 1 rings (SSSR count). The summed E-state index contributed by atoms with van der Waals surface area (Å²) in [5.74, 6) is 0.367. The van der Waals surface area contributed by atoms with Gasteiger partial charge in [0.2, 0.25) is 0 Å². The molecule has 0 saturated carbocycles. The lowest BCUT2D eigenvalue weighted by molar-refractivity contribution is -0.127. The minimum Gasteiger partial charge on any atom is -0.479 e. The first-order valence-corrected chi connectivity index (χ1v) is 5.83. The zero-order valence-electron chi connectivity index (χ0n) is 9.29. The summed E-state index contributed by atoms with van der Waals surface area (Å²) >= 11 is 3.30. The number of benzene rings is 1. The zero-order valence-corrected chi connectivity index (χ0v) is 10.9. The number of carbonyl (C=O) groups excluding carboxylic acids is 1. The van der Waals surface area contributed by atoms with Crippen molar-refractivity contribution in [3.8, 4) is 5.75 Å². The van der Waals surface area contributed by atoms with Crippen LogP contribution in [-0.4, -0.2) is 18.6 Å².